The summed E-state index contributed by atoms with van der Waals surface area (Å²) in [5, 5.41) is 17.6. The first kappa shape index (κ1) is 26.9. The van der Waals surface area contributed by atoms with Crippen molar-refractivity contribution in [2.45, 2.75) is 37.9 Å². The van der Waals surface area contributed by atoms with Crippen molar-refractivity contribution in [2.24, 2.45) is 5.92 Å². The zero-order chi connectivity index (χ0) is 28.4. The van der Waals surface area contributed by atoms with E-state index >= 15 is 0 Å². The smallest absolute Gasteiger partial charge is 0.275 e. The second-order valence-corrected chi connectivity index (χ2v) is 9.81. The van der Waals surface area contributed by atoms with Crippen molar-refractivity contribution in [3.63, 3.8) is 0 Å². The van der Waals surface area contributed by atoms with Crippen LogP contribution in [0.2, 0.25) is 0 Å². The van der Waals surface area contributed by atoms with E-state index in [2.05, 4.69) is 27.0 Å². The number of halogens is 3. The van der Waals surface area contributed by atoms with E-state index in [-0.39, 0.29) is 30.2 Å². The summed E-state index contributed by atoms with van der Waals surface area (Å²) in [5.41, 5.74) is -0.359. The maximum Gasteiger partial charge on any atom is 0.275 e. The van der Waals surface area contributed by atoms with Crippen LogP contribution in [0, 0.1) is 17.2 Å². The van der Waals surface area contributed by atoms with Crippen LogP contribution in [-0.2, 0) is 17.8 Å². The zero-order valence-electron chi connectivity index (χ0n) is 21.3. The second-order valence-electron chi connectivity index (χ2n) is 9.81. The molecule has 0 bridgehead atoms. The Morgan fingerprint density at radius 2 is 2.08 bits per heavy atom. The molecule has 206 valence electrons. The lowest BCUT2D eigenvalue weighted by Gasteiger charge is -2.39. The molecule has 2 N–H and O–H groups in total. The van der Waals surface area contributed by atoms with Crippen molar-refractivity contribution in [3.8, 4) is 11.8 Å². The summed E-state index contributed by atoms with van der Waals surface area (Å²) in [6.07, 6.45) is -0.672. The maximum atomic E-state index is 14.0. The third-order valence-corrected chi connectivity index (χ3v) is 6.90. The van der Waals surface area contributed by atoms with Crippen LogP contribution in [0.1, 0.15) is 29.9 Å². The van der Waals surface area contributed by atoms with Crippen molar-refractivity contribution in [1.29, 1.82) is 5.26 Å². The van der Waals surface area contributed by atoms with Crippen LogP contribution < -0.4 is 15.6 Å². The lowest BCUT2D eigenvalue weighted by atomic mass is 9.72. The predicted octanol–water partition coefficient (Wildman–Crippen LogP) is 3.80. The SMILES string of the molecule is C=CC1(F)CC(CNC(=O)Cn2nc(Cc3nc4cc(OCC(F)F)c(C#N)cc4[nH]3)c3ccccc3c2=O)C1. The van der Waals surface area contributed by atoms with Crippen molar-refractivity contribution >= 4 is 27.7 Å². The molecule has 0 aliphatic heterocycles. The lowest BCUT2D eigenvalue weighted by molar-refractivity contribution is -0.122. The number of nitrogens with zero attached hydrogens (tertiary/aromatic N) is 4. The van der Waals surface area contributed by atoms with Gasteiger partial charge in [0.15, 0.2) is 0 Å². The number of aromatic amines is 1. The Bertz CT molecular complexity index is 1700. The van der Waals surface area contributed by atoms with Crippen molar-refractivity contribution in [2.75, 3.05) is 13.2 Å². The molecule has 0 saturated heterocycles. The number of nitriles is 1. The number of alkyl halides is 3. The van der Waals surface area contributed by atoms with Gasteiger partial charge >= 0.3 is 0 Å². The molecule has 0 radical (unpaired) electrons. The Morgan fingerprint density at radius 1 is 1.32 bits per heavy atom. The molecule has 12 heteroatoms. The third-order valence-electron chi connectivity index (χ3n) is 6.90. The van der Waals surface area contributed by atoms with Crippen LogP contribution >= 0.6 is 0 Å². The lowest BCUT2D eigenvalue weighted by Crippen LogP contribution is -2.45. The van der Waals surface area contributed by atoms with Crippen LogP contribution in [0.4, 0.5) is 13.2 Å². The minimum atomic E-state index is -2.70. The van der Waals surface area contributed by atoms with E-state index in [1.165, 1.54) is 18.2 Å². The van der Waals surface area contributed by atoms with Gasteiger partial charge in [0.05, 0.1) is 34.1 Å². The maximum absolute atomic E-state index is 14.0. The zero-order valence-corrected chi connectivity index (χ0v) is 21.3. The van der Waals surface area contributed by atoms with Gasteiger partial charge in [0.2, 0.25) is 5.91 Å². The highest BCUT2D eigenvalue weighted by atomic mass is 19.3. The summed E-state index contributed by atoms with van der Waals surface area (Å²) in [6, 6.07) is 11.7. The fraction of sp³-hybridized carbons (Fsp3) is 0.321. The van der Waals surface area contributed by atoms with E-state index in [1.54, 1.807) is 24.3 Å². The van der Waals surface area contributed by atoms with Crippen LogP contribution in [0.5, 0.6) is 5.75 Å². The number of hydrogen-bond donors (Lipinski definition) is 2. The predicted molar refractivity (Wildman–Crippen MR) is 141 cm³/mol. The number of rotatable bonds is 10. The second kappa shape index (κ2) is 10.8. The number of aromatic nitrogens is 4. The molecule has 1 aliphatic rings. The molecule has 1 amide bonds. The largest absolute Gasteiger partial charge is 0.486 e. The summed E-state index contributed by atoms with van der Waals surface area (Å²) in [6.45, 7) is 2.61. The van der Waals surface area contributed by atoms with Crippen LogP contribution in [0.15, 0.2) is 53.8 Å². The van der Waals surface area contributed by atoms with Gasteiger partial charge in [-0.3, -0.25) is 9.59 Å². The van der Waals surface area contributed by atoms with Gasteiger partial charge in [-0.15, -0.1) is 0 Å². The van der Waals surface area contributed by atoms with Crippen LogP contribution in [0.25, 0.3) is 21.8 Å². The topological polar surface area (TPSA) is 126 Å². The number of hydrogen-bond acceptors (Lipinski definition) is 6. The normalized spacial score (nSPS) is 18.4. The summed E-state index contributed by atoms with van der Waals surface area (Å²) in [5.74, 6) is 0.0220. The fourth-order valence-electron chi connectivity index (χ4n) is 4.90. The highest BCUT2D eigenvalue weighted by Crippen LogP contribution is 2.41. The van der Waals surface area contributed by atoms with Gasteiger partial charge in [-0.1, -0.05) is 30.9 Å². The number of amides is 1. The average Bonchev–Trinajstić information content (AvgIpc) is 3.32. The minimum Gasteiger partial charge on any atom is -0.486 e. The molecule has 1 saturated carbocycles. The Morgan fingerprint density at radius 3 is 2.77 bits per heavy atom. The Kier molecular flexibility index (Phi) is 7.30. The summed E-state index contributed by atoms with van der Waals surface area (Å²) >= 11 is 0. The molecule has 0 atom stereocenters. The molecule has 1 aliphatic carbocycles. The Balaban J connectivity index is 1.39. The third kappa shape index (κ3) is 5.54. The molecule has 2 aromatic heterocycles. The molecular formula is C28H25F3N6O3. The summed E-state index contributed by atoms with van der Waals surface area (Å²) in [7, 11) is 0. The van der Waals surface area contributed by atoms with Gasteiger partial charge in [0.25, 0.3) is 12.0 Å². The molecule has 2 heterocycles. The number of imidazole rings is 1. The molecule has 0 unspecified atom stereocenters. The van der Waals surface area contributed by atoms with Crippen molar-refractivity contribution < 1.29 is 22.7 Å². The van der Waals surface area contributed by atoms with E-state index in [1.807, 2.05) is 6.07 Å². The molecular weight excluding hydrogens is 525 g/mol. The Hall–Kier alpha value is -4.66. The number of H-pyrrole nitrogens is 1. The van der Waals surface area contributed by atoms with Gasteiger partial charge in [-0.05, 0) is 30.9 Å². The molecule has 0 spiro atoms. The Labute approximate surface area is 226 Å². The first-order valence-electron chi connectivity index (χ1n) is 12.6. The van der Waals surface area contributed by atoms with Crippen molar-refractivity contribution in [3.05, 3.63) is 76.5 Å². The average molecular weight is 551 g/mol. The first-order chi connectivity index (χ1) is 19.2. The summed E-state index contributed by atoms with van der Waals surface area (Å²) < 4.78 is 45.4. The number of carbonyl (C=O) groups excluding carboxylic acids is 1. The van der Waals surface area contributed by atoms with E-state index in [0.29, 0.717) is 52.7 Å². The van der Waals surface area contributed by atoms with Crippen molar-refractivity contribution in [1.82, 2.24) is 25.1 Å². The number of fused-ring (bicyclic) bond motifs is 2. The van der Waals surface area contributed by atoms with Crippen LogP contribution in [-0.4, -0.2) is 50.9 Å². The van der Waals surface area contributed by atoms with Crippen LogP contribution in [0.3, 0.4) is 0 Å². The number of carbonyl (C=O) groups is 1. The minimum absolute atomic E-state index is 0.0000781. The van der Waals surface area contributed by atoms with Gasteiger partial charge in [0, 0.05) is 18.0 Å². The van der Waals surface area contributed by atoms with Gasteiger partial charge in [-0.25, -0.2) is 22.8 Å². The number of allylic oxidation sites excluding steroid dienone is 1. The monoisotopic (exact) mass is 550 g/mol. The fourth-order valence-corrected chi connectivity index (χ4v) is 4.90. The van der Waals surface area contributed by atoms with E-state index in [0.717, 1.165) is 4.68 Å². The molecule has 40 heavy (non-hydrogen) atoms. The van der Waals surface area contributed by atoms with Gasteiger partial charge < -0.3 is 15.0 Å². The molecule has 2 aromatic carbocycles. The first-order valence-corrected chi connectivity index (χ1v) is 12.6. The molecule has 1 fully saturated rings. The van der Waals surface area contributed by atoms with E-state index in [9.17, 15) is 28.0 Å². The standard InChI is InChI=1S/C28H25F3N6O3/c1-2-28(31)10-16(11-28)13-33-26(38)14-37-27(39)19-6-4-3-5-18(19)20(36-37)9-25-34-21-7-17(12-32)23(8-22(21)35-25)40-15-24(29)30/h2-8,16,24H,1,9-11,13-15H2,(H,33,38)(H,34,35). The van der Waals surface area contributed by atoms with Gasteiger partial charge in [-0.2, -0.15) is 10.4 Å². The van der Waals surface area contributed by atoms with E-state index < -0.39 is 30.2 Å². The molecule has 4 aromatic rings. The quantitative estimate of drug-likeness (QED) is 0.290. The number of nitrogens with one attached hydrogen (secondary N) is 2. The highest BCUT2D eigenvalue weighted by molar-refractivity contribution is 5.85. The summed E-state index contributed by atoms with van der Waals surface area (Å²) in [4.78, 5) is 33.3. The van der Waals surface area contributed by atoms with E-state index in [4.69, 9.17) is 4.74 Å². The number of benzene rings is 2. The number of ether oxygens (including phenoxy) is 1. The highest BCUT2D eigenvalue weighted by Gasteiger charge is 2.42. The van der Waals surface area contributed by atoms with Gasteiger partial charge in [0.1, 0.15) is 36.5 Å². The molecule has 9 nitrogen and oxygen atoms in total. The molecule has 5 rings (SSSR count).